The summed E-state index contributed by atoms with van der Waals surface area (Å²) in [5, 5.41) is 10.2. The number of para-hydroxylation sites is 1. The van der Waals surface area contributed by atoms with Gasteiger partial charge in [-0.3, -0.25) is 0 Å². The molecule has 3 aromatic rings. The van der Waals surface area contributed by atoms with Crippen LogP contribution in [0.3, 0.4) is 0 Å². The van der Waals surface area contributed by atoms with Gasteiger partial charge in [-0.05, 0) is 36.8 Å². The summed E-state index contributed by atoms with van der Waals surface area (Å²) in [6, 6.07) is 17.3. The molecule has 1 fully saturated rings. The third kappa shape index (κ3) is 4.48. The van der Waals surface area contributed by atoms with E-state index in [1.165, 1.54) is 0 Å². The number of piperidine rings is 1. The molecule has 4 rings (SSSR count). The minimum Gasteiger partial charge on any atom is -0.478 e. The van der Waals surface area contributed by atoms with Crippen molar-refractivity contribution in [2.24, 2.45) is 5.92 Å². The van der Waals surface area contributed by atoms with Gasteiger partial charge in [-0.15, -0.1) is 0 Å². The Labute approximate surface area is 175 Å². The molecular formula is C24H26N2O4. The monoisotopic (exact) mass is 406 g/mol. The molecule has 0 aliphatic carbocycles. The van der Waals surface area contributed by atoms with E-state index in [1.54, 1.807) is 11.1 Å². The van der Waals surface area contributed by atoms with Gasteiger partial charge in [0.25, 0.3) is 0 Å². The number of rotatable bonds is 6. The number of ether oxygens (including phenoxy) is 1. The predicted molar refractivity (Wildman–Crippen MR) is 114 cm³/mol. The minimum absolute atomic E-state index is 0.250. The molecule has 6 heteroatoms. The number of carbonyl (C=O) groups excluding carboxylic acids is 1. The molecule has 1 aromatic heterocycles. The Bertz CT molecular complexity index is 1020. The lowest BCUT2D eigenvalue weighted by Gasteiger charge is -2.31. The van der Waals surface area contributed by atoms with Crippen molar-refractivity contribution in [2.75, 3.05) is 13.1 Å². The first-order valence-corrected chi connectivity index (χ1v) is 10.4. The van der Waals surface area contributed by atoms with E-state index in [0.717, 1.165) is 42.3 Å². The summed E-state index contributed by atoms with van der Waals surface area (Å²) in [5.74, 6) is -0.384. The summed E-state index contributed by atoms with van der Waals surface area (Å²) in [6.07, 6.45) is 4.32. The zero-order valence-electron chi connectivity index (χ0n) is 16.9. The van der Waals surface area contributed by atoms with Crippen molar-refractivity contribution < 1.29 is 19.4 Å². The molecule has 1 N–H and O–H groups in total. The fourth-order valence-corrected chi connectivity index (χ4v) is 4.14. The summed E-state index contributed by atoms with van der Waals surface area (Å²) >= 11 is 0. The molecule has 2 heterocycles. The number of fused-ring (bicyclic) bond motifs is 1. The van der Waals surface area contributed by atoms with Crippen molar-refractivity contribution >= 4 is 23.0 Å². The number of hydrogen-bond acceptors (Lipinski definition) is 3. The molecule has 0 saturated carbocycles. The van der Waals surface area contributed by atoms with E-state index < -0.39 is 5.97 Å². The van der Waals surface area contributed by atoms with Crippen LogP contribution in [0.25, 0.3) is 10.9 Å². The summed E-state index contributed by atoms with van der Waals surface area (Å²) < 4.78 is 7.47. The molecule has 1 aliphatic heterocycles. The van der Waals surface area contributed by atoms with Crippen molar-refractivity contribution in [2.45, 2.75) is 32.4 Å². The Morgan fingerprint density at radius 2 is 1.70 bits per heavy atom. The quantitative estimate of drug-likeness (QED) is 0.640. The predicted octanol–water partition coefficient (Wildman–Crippen LogP) is 4.78. The minimum atomic E-state index is -0.896. The van der Waals surface area contributed by atoms with Gasteiger partial charge in [0.15, 0.2) is 0 Å². The van der Waals surface area contributed by atoms with Crippen molar-refractivity contribution in [3.05, 3.63) is 71.9 Å². The molecule has 0 bridgehead atoms. The number of aryl methyl sites for hydroxylation is 1. The molecule has 1 aliphatic rings. The average molecular weight is 406 g/mol. The molecule has 0 spiro atoms. The number of nitrogens with zero attached hydrogens (tertiary/aromatic N) is 2. The molecule has 156 valence electrons. The Balaban J connectivity index is 1.28. The molecule has 30 heavy (non-hydrogen) atoms. The molecule has 0 radical (unpaired) electrons. The molecule has 0 unspecified atom stereocenters. The molecule has 2 aromatic carbocycles. The fourth-order valence-electron chi connectivity index (χ4n) is 4.14. The Morgan fingerprint density at radius 1 is 1.00 bits per heavy atom. The number of likely N-dealkylation sites (tertiary alicyclic amines) is 1. The maximum Gasteiger partial charge on any atom is 0.410 e. The van der Waals surface area contributed by atoms with Crippen molar-refractivity contribution in [1.82, 2.24) is 9.47 Å². The second-order valence-electron chi connectivity index (χ2n) is 7.82. The van der Waals surface area contributed by atoms with E-state index in [2.05, 4.69) is 0 Å². The lowest BCUT2D eigenvalue weighted by atomic mass is 9.94. The summed E-state index contributed by atoms with van der Waals surface area (Å²) in [6.45, 7) is 2.47. The van der Waals surface area contributed by atoms with Crippen LogP contribution in [0.15, 0.2) is 60.8 Å². The van der Waals surface area contributed by atoms with E-state index in [9.17, 15) is 14.7 Å². The highest BCUT2D eigenvalue weighted by molar-refractivity contribution is 6.03. The average Bonchev–Trinajstić information content (AvgIpc) is 3.16. The molecule has 6 nitrogen and oxygen atoms in total. The number of carbonyl (C=O) groups is 2. The number of hydrogen-bond donors (Lipinski definition) is 1. The van der Waals surface area contributed by atoms with E-state index in [4.69, 9.17) is 4.74 Å². The van der Waals surface area contributed by atoms with Gasteiger partial charge < -0.3 is 19.3 Å². The van der Waals surface area contributed by atoms with Gasteiger partial charge in [-0.25, -0.2) is 9.59 Å². The van der Waals surface area contributed by atoms with Crippen molar-refractivity contribution in [3.63, 3.8) is 0 Å². The lowest BCUT2D eigenvalue weighted by molar-refractivity contribution is 0.0698. The summed E-state index contributed by atoms with van der Waals surface area (Å²) in [5.41, 5.74) is 2.29. The summed E-state index contributed by atoms with van der Waals surface area (Å²) in [7, 11) is 0. The summed E-state index contributed by atoms with van der Waals surface area (Å²) in [4.78, 5) is 25.6. The first-order valence-electron chi connectivity index (χ1n) is 10.4. The maximum absolute atomic E-state index is 12.3. The number of amides is 1. The fraction of sp³-hybridized carbons (Fsp3) is 0.333. The van der Waals surface area contributed by atoms with E-state index in [1.807, 2.05) is 59.2 Å². The van der Waals surface area contributed by atoms with Crippen LogP contribution in [-0.4, -0.2) is 39.7 Å². The Morgan fingerprint density at radius 3 is 2.43 bits per heavy atom. The van der Waals surface area contributed by atoms with Crippen LogP contribution >= 0.6 is 0 Å². The van der Waals surface area contributed by atoms with Crippen LogP contribution in [0.4, 0.5) is 4.79 Å². The van der Waals surface area contributed by atoms with Gasteiger partial charge in [0.05, 0.1) is 5.56 Å². The van der Waals surface area contributed by atoms with Crippen molar-refractivity contribution in [1.29, 1.82) is 0 Å². The van der Waals surface area contributed by atoms with E-state index >= 15 is 0 Å². The van der Waals surface area contributed by atoms with E-state index in [0.29, 0.717) is 31.2 Å². The molecule has 1 amide bonds. The smallest absolute Gasteiger partial charge is 0.410 e. The molecule has 0 atom stereocenters. The largest absolute Gasteiger partial charge is 0.478 e. The first kappa shape index (κ1) is 20.0. The number of aromatic carboxylic acids is 1. The van der Waals surface area contributed by atoms with Gasteiger partial charge in [0.2, 0.25) is 0 Å². The highest BCUT2D eigenvalue weighted by Gasteiger charge is 2.24. The lowest BCUT2D eigenvalue weighted by Crippen LogP contribution is -2.38. The highest BCUT2D eigenvalue weighted by Crippen LogP contribution is 2.25. The number of benzene rings is 2. The van der Waals surface area contributed by atoms with Crippen LogP contribution in [-0.2, 0) is 17.9 Å². The number of carboxylic acid groups (broad SMARTS) is 1. The third-order valence-corrected chi connectivity index (χ3v) is 5.88. The molecular weight excluding hydrogens is 380 g/mol. The van der Waals surface area contributed by atoms with Gasteiger partial charge in [0, 0.05) is 36.7 Å². The SMILES string of the molecule is O=C(O)c1cn(CCC2CCN(C(=O)OCc3ccccc3)CC2)c2ccccc12. The zero-order valence-corrected chi connectivity index (χ0v) is 16.9. The van der Waals surface area contributed by atoms with Crippen LogP contribution in [0.5, 0.6) is 0 Å². The maximum atomic E-state index is 12.3. The third-order valence-electron chi connectivity index (χ3n) is 5.88. The van der Waals surface area contributed by atoms with Crippen LogP contribution < -0.4 is 0 Å². The van der Waals surface area contributed by atoms with Crippen LogP contribution in [0.2, 0.25) is 0 Å². The topological polar surface area (TPSA) is 71.8 Å². The second-order valence-corrected chi connectivity index (χ2v) is 7.82. The standard InChI is InChI=1S/C24H26N2O4/c27-23(28)21-16-26(22-9-5-4-8-20(21)22)15-12-18-10-13-25(14-11-18)24(29)30-17-19-6-2-1-3-7-19/h1-9,16,18H,10-15,17H2,(H,27,28). The van der Waals surface area contributed by atoms with Crippen molar-refractivity contribution in [3.8, 4) is 0 Å². The Kier molecular flexibility index (Phi) is 6.02. The van der Waals surface area contributed by atoms with Gasteiger partial charge >= 0.3 is 12.1 Å². The normalized spacial score (nSPS) is 14.7. The zero-order chi connectivity index (χ0) is 20.9. The highest BCUT2D eigenvalue weighted by atomic mass is 16.6. The van der Waals surface area contributed by atoms with Crippen LogP contribution in [0, 0.1) is 5.92 Å². The van der Waals surface area contributed by atoms with Crippen LogP contribution in [0.1, 0.15) is 35.2 Å². The first-order chi connectivity index (χ1) is 14.6. The number of aromatic nitrogens is 1. The van der Waals surface area contributed by atoms with Gasteiger partial charge in [-0.2, -0.15) is 0 Å². The molecule has 1 saturated heterocycles. The van der Waals surface area contributed by atoms with Gasteiger partial charge in [-0.1, -0.05) is 48.5 Å². The van der Waals surface area contributed by atoms with E-state index in [-0.39, 0.29) is 6.09 Å². The Hall–Kier alpha value is -3.28. The second kappa shape index (κ2) is 9.03. The number of carboxylic acids is 1. The van der Waals surface area contributed by atoms with Gasteiger partial charge in [0.1, 0.15) is 6.61 Å².